The van der Waals surface area contributed by atoms with Crippen LogP contribution in [-0.4, -0.2) is 38.5 Å². The molecule has 0 heterocycles. The Morgan fingerprint density at radius 3 is 2.40 bits per heavy atom. The van der Waals surface area contributed by atoms with Gasteiger partial charge in [0.25, 0.3) is 0 Å². The Morgan fingerprint density at radius 1 is 1.07 bits per heavy atom. The highest BCUT2D eigenvalue weighted by atomic mass is 16.5. The van der Waals surface area contributed by atoms with Crippen LogP contribution in [0, 0.1) is 0 Å². The maximum absolute atomic E-state index is 5.64. The molecule has 0 aromatic carbocycles. The van der Waals surface area contributed by atoms with E-state index < -0.39 is 0 Å². The van der Waals surface area contributed by atoms with E-state index in [4.69, 9.17) is 9.47 Å². The molecule has 0 amide bonds. The van der Waals surface area contributed by atoms with Crippen molar-refractivity contribution in [3.63, 3.8) is 0 Å². The third kappa shape index (κ3) is 10.2. The minimum Gasteiger partial charge on any atom is -0.379 e. The third-order valence-electron chi connectivity index (χ3n) is 2.22. The van der Waals surface area contributed by atoms with Crippen LogP contribution in [-0.2, 0) is 9.47 Å². The summed E-state index contributed by atoms with van der Waals surface area (Å²) in [7, 11) is 0. The number of hydrogen-bond acceptors (Lipinski definition) is 3. The van der Waals surface area contributed by atoms with Crippen molar-refractivity contribution >= 4 is 0 Å². The van der Waals surface area contributed by atoms with Crippen molar-refractivity contribution < 1.29 is 9.47 Å². The van der Waals surface area contributed by atoms with Crippen molar-refractivity contribution in [2.75, 3.05) is 26.4 Å². The molecule has 0 aromatic rings. The maximum atomic E-state index is 5.64. The smallest absolute Gasteiger partial charge is 0.0704 e. The minimum atomic E-state index is 0.310. The van der Waals surface area contributed by atoms with Gasteiger partial charge in [0.05, 0.1) is 19.3 Å². The Bertz CT molecular complexity index is 131. The van der Waals surface area contributed by atoms with Crippen LogP contribution in [0.2, 0.25) is 0 Å². The molecule has 1 N–H and O–H groups in total. The molecule has 2 unspecified atom stereocenters. The molecule has 0 aliphatic heterocycles. The normalized spacial score (nSPS) is 15.2. The monoisotopic (exact) mass is 217 g/mol. The van der Waals surface area contributed by atoms with Gasteiger partial charge in [0.15, 0.2) is 0 Å². The Kier molecular flexibility index (Phi) is 10.3. The van der Waals surface area contributed by atoms with E-state index in [1.165, 1.54) is 0 Å². The molecule has 0 bridgehead atoms. The second kappa shape index (κ2) is 10.4. The molecule has 3 heteroatoms. The van der Waals surface area contributed by atoms with E-state index in [2.05, 4.69) is 33.0 Å². The van der Waals surface area contributed by atoms with E-state index in [0.717, 1.165) is 26.0 Å². The predicted octanol–water partition coefficient (Wildman–Crippen LogP) is 2.21. The van der Waals surface area contributed by atoms with Gasteiger partial charge in [-0.2, -0.15) is 0 Å². The zero-order chi connectivity index (χ0) is 11.5. The largest absolute Gasteiger partial charge is 0.379 e. The van der Waals surface area contributed by atoms with Crippen LogP contribution in [0.5, 0.6) is 0 Å². The van der Waals surface area contributed by atoms with E-state index >= 15 is 0 Å². The van der Waals surface area contributed by atoms with E-state index in [1.54, 1.807) is 0 Å². The fraction of sp³-hybridized carbons (Fsp3) is 1.00. The molecule has 0 saturated heterocycles. The van der Waals surface area contributed by atoms with Crippen LogP contribution >= 0.6 is 0 Å². The third-order valence-corrected chi connectivity index (χ3v) is 2.22. The van der Waals surface area contributed by atoms with Crippen LogP contribution in [0.1, 0.15) is 40.5 Å². The average Bonchev–Trinajstić information content (AvgIpc) is 2.17. The molecular weight excluding hydrogens is 190 g/mol. The Balaban J connectivity index is 3.28. The molecular formula is C12H27NO2. The molecule has 92 valence electrons. The summed E-state index contributed by atoms with van der Waals surface area (Å²) in [6.07, 6.45) is 2.44. The Hall–Kier alpha value is -0.120. The van der Waals surface area contributed by atoms with Crippen molar-refractivity contribution in [2.24, 2.45) is 0 Å². The first-order valence-electron chi connectivity index (χ1n) is 6.13. The second-order valence-electron chi connectivity index (χ2n) is 3.99. The Morgan fingerprint density at radius 2 is 1.80 bits per heavy atom. The van der Waals surface area contributed by atoms with Crippen molar-refractivity contribution in [2.45, 2.75) is 52.7 Å². The highest BCUT2D eigenvalue weighted by Gasteiger charge is 2.07. The Labute approximate surface area is 94.5 Å². The molecule has 0 radical (unpaired) electrons. The lowest BCUT2D eigenvalue weighted by Gasteiger charge is -2.18. The first kappa shape index (κ1) is 14.9. The van der Waals surface area contributed by atoms with Gasteiger partial charge in [0.2, 0.25) is 0 Å². The summed E-state index contributed by atoms with van der Waals surface area (Å²) in [5, 5.41) is 3.38. The fourth-order valence-corrected chi connectivity index (χ4v) is 1.55. The molecule has 15 heavy (non-hydrogen) atoms. The van der Waals surface area contributed by atoms with Gasteiger partial charge in [-0.1, -0.05) is 13.8 Å². The molecule has 0 aliphatic carbocycles. The lowest BCUT2D eigenvalue weighted by atomic mass is 10.1. The number of hydrogen-bond donors (Lipinski definition) is 1. The van der Waals surface area contributed by atoms with Crippen molar-refractivity contribution in [3.8, 4) is 0 Å². The van der Waals surface area contributed by atoms with Gasteiger partial charge in [-0.15, -0.1) is 0 Å². The number of ether oxygens (including phenoxy) is 2. The molecule has 0 saturated carbocycles. The summed E-state index contributed by atoms with van der Waals surface area (Å²) < 4.78 is 11.0. The highest BCUT2D eigenvalue weighted by molar-refractivity contribution is 4.63. The SMILES string of the molecule is CCCOCCOC(C)CC(C)NCC. The maximum Gasteiger partial charge on any atom is 0.0704 e. The topological polar surface area (TPSA) is 30.5 Å². The highest BCUT2D eigenvalue weighted by Crippen LogP contribution is 2.01. The first-order valence-corrected chi connectivity index (χ1v) is 6.13. The van der Waals surface area contributed by atoms with Gasteiger partial charge >= 0.3 is 0 Å². The van der Waals surface area contributed by atoms with Crippen LogP contribution in [0.25, 0.3) is 0 Å². The van der Waals surface area contributed by atoms with Gasteiger partial charge < -0.3 is 14.8 Å². The molecule has 0 aromatic heterocycles. The first-order chi connectivity index (χ1) is 7.20. The minimum absolute atomic E-state index is 0.310. The molecule has 0 rings (SSSR count). The lowest BCUT2D eigenvalue weighted by Crippen LogP contribution is -2.30. The summed E-state index contributed by atoms with van der Waals surface area (Å²) in [5.41, 5.74) is 0. The lowest BCUT2D eigenvalue weighted by molar-refractivity contribution is 0.00633. The molecule has 0 fully saturated rings. The summed E-state index contributed by atoms with van der Waals surface area (Å²) in [5.74, 6) is 0. The number of nitrogens with one attached hydrogen (secondary N) is 1. The van der Waals surface area contributed by atoms with E-state index in [1.807, 2.05) is 0 Å². The van der Waals surface area contributed by atoms with Crippen LogP contribution in [0.3, 0.4) is 0 Å². The second-order valence-corrected chi connectivity index (χ2v) is 3.99. The van der Waals surface area contributed by atoms with Crippen LogP contribution in [0.15, 0.2) is 0 Å². The van der Waals surface area contributed by atoms with Crippen LogP contribution < -0.4 is 5.32 Å². The zero-order valence-corrected chi connectivity index (χ0v) is 10.7. The van der Waals surface area contributed by atoms with Crippen molar-refractivity contribution in [1.82, 2.24) is 5.32 Å². The zero-order valence-electron chi connectivity index (χ0n) is 10.7. The summed E-state index contributed by atoms with van der Waals surface area (Å²) >= 11 is 0. The summed E-state index contributed by atoms with van der Waals surface area (Å²) in [6, 6.07) is 0.529. The molecule has 2 atom stereocenters. The van der Waals surface area contributed by atoms with Gasteiger partial charge in [0, 0.05) is 12.6 Å². The standard InChI is InChI=1S/C12H27NO2/c1-5-7-14-8-9-15-12(4)10-11(3)13-6-2/h11-13H,5-10H2,1-4H3. The molecule has 0 spiro atoms. The van der Waals surface area contributed by atoms with Crippen molar-refractivity contribution in [1.29, 1.82) is 0 Å². The van der Waals surface area contributed by atoms with E-state index in [0.29, 0.717) is 25.4 Å². The summed E-state index contributed by atoms with van der Waals surface area (Å²) in [4.78, 5) is 0. The van der Waals surface area contributed by atoms with Gasteiger partial charge in [0.1, 0.15) is 0 Å². The quantitative estimate of drug-likeness (QED) is 0.569. The van der Waals surface area contributed by atoms with Crippen LogP contribution in [0.4, 0.5) is 0 Å². The van der Waals surface area contributed by atoms with Gasteiger partial charge in [-0.05, 0) is 33.2 Å². The van der Waals surface area contributed by atoms with Crippen molar-refractivity contribution in [3.05, 3.63) is 0 Å². The van der Waals surface area contributed by atoms with E-state index in [-0.39, 0.29) is 0 Å². The molecule has 3 nitrogen and oxygen atoms in total. The fourth-order valence-electron chi connectivity index (χ4n) is 1.55. The molecule has 0 aliphatic rings. The van der Waals surface area contributed by atoms with Gasteiger partial charge in [-0.25, -0.2) is 0 Å². The predicted molar refractivity (Wildman–Crippen MR) is 64.3 cm³/mol. The van der Waals surface area contributed by atoms with E-state index in [9.17, 15) is 0 Å². The number of rotatable bonds is 10. The summed E-state index contributed by atoms with van der Waals surface area (Å²) in [6.45, 7) is 11.8. The van der Waals surface area contributed by atoms with Gasteiger partial charge in [-0.3, -0.25) is 0 Å². The average molecular weight is 217 g/mol.